The molecule has 0 bridgehead atoms. The summed E-state index contributed by atoms with van der Waals surface area (Å²) in [6.07, 6.45) is 14.6. The fourth-order valence-corrected chi connectivity index (χ4v) is 11.2. The van der Waals surface area contributed by atoms with E-state index in [1.54, 1.807) is 6.92 Å². The first-order valence-electron chi connectivity index (χ1n) is 14.6. The van der Waals surface area contributed by atoms with E-state index in [0.29, 0.717) is 27.6 Å². The molecule has 5 rings (SSSR count). The SMILES string of the molecule is CC(=O)O[C@@H]1CC[C@@]2(C)C(CC[C@]3(C)[C@@H]2CC=C2[C@@H]4[C@@H](C)[C@H](C)CC[C@]4(C)CC[C@]23C)C1(C)C. The zero-order valence-electron chi connectivity index (χ0n) is 23.7. The second-order valence-electron chi connectivity index (χ2n) is 15.3. The maximum Gasteiger partial charge on any atom is 0.302 e. The summed E-state index contributed by atoms with van der Waals surface area (Å²) in [4.78, 5) is 11.9. The van der Waals surface area contributed by atoms with Gasteiger partial charge in [0.15, 0.2) is 0 Å². The summed E-state index contributed by atoms with van der Waals surface area (Å²) >= 11 is 0. The molecule has 0 aromatic carbocycles. The van der Waals surface area contributed by atoms with E-state index in [1.807, 2.05) is 5.57 Å². The largest absolute Gasteiger partial charge is 0.462 e. The highest BCUT2D eigenvalue weighted by Gasteiger charge is 2.68. The van der Waals surface area contributed by atoms with Crippen molar-refractivity contribution in [2.75, 3.05) is 0 Å². The zero-order valence-corrected chi connectivity index (χ0v) is 23.7. The molecule has 2 heteroatoms. The average molecular weight is 469 g/mol. The van der Waals surface area contributed by atoms with Gasteiger partial charge in [-0.25, -0.2) is 0 Å². The molecule has 0 saturated heterocycles. The zero-order chi connectivity index (χ0) is 24.9. The molecular formula is C32H52O2. The summed E-state index contributed by atoms with van der Waals surface area (Å²) in [6.45, 7) is 22.1. The molecule has 0 radical (unpaired) electrons. The van der Waals surface area contributed by atoms with Gasteiger partial charge in [-0.15, -0.1) is 0 Å². The van der Waals surface area contributed by atoms with Crippen molar-refractivity contribution in [3.8, 4) is 0 Å². The van der Waals surface area contributed by atoms with E-state index < -0.39 is 0 Å². The van der Waals surface area contributed by atoms with Gasteiger partial charge in [-0.1, -0.05) is 67.0 Å². The molecule has 0 aromatic heterocycles. The van der Waals surface area contributed by atoms with Crippen molar-refractivity contribution < 1.29 is 9.53 Å². The van der Waals surface area contributed by atoms with Gasteiger partial charge in [0, 0.05) is 12.3 Å². The van der Waals surface area contributed by atoms with E-state index in [-0.39, 0.29) is 17.5 Å². The van der Waals surface area contributed by atoms with E-state index in [1.165, 1.54) is 51.4 Å². The number of allylic oxidation sites excluding steroid dienone is 2. The Hall–Kier alpha value is -0.790. The molecule has 10 atom stereocenters. The lowest BCUT2D eigenvalue weighted by Gasteiger charge is -2.71. The molecule has 1 unspecified atom stereocenters. The number of carbonyl (C=O) groups is 1. The van der Waals surface area contributed by atoms with Gasteiger partial charge in [-0.05, 0) is 109 Å². The molecule has 34 heavy (non-hydrogen) atoms. The molecule has 4 saturated carbocycles. The highest BCUT2D eigenvalue weighted by Crippen LogP contribution is 2.75. The number of hydrogen-bond acceptors (Lipinski definition) is 2. The number of rotatable bonds is 1. The summed E-state index contributed by atoms with van der Waals surface area (Å²) in [6, 6.07) is 0. The van der Waals surface area contributed by atoms with Crippen LogP contribution >= 0.6 is 0 Å². The van der Waals surface area contributed by atoms with Crippen LogP contribution < -0.4 is 0 Å². The molecule has 192 valence electrons. The van der Waals surface area contributed by atoms with Crippen LogP contribution in [-0.4, -0.2) is 12.1 Å². The van der Waals surface area contributed by atoms with Crippen LogP contribution in [0.3, 0.4) is 0 Å². The highest BCUT2D eigenvalue weighted by molar-refractivity contribution is 5.66. The lowest BCUT2D eigenvalue weighted by Crippen LogP contribution is -2.65. The van der Waals surface area contributed by atoms with Gasteiger partial charge in [0.05, 0.1) is 0 Å². The van der Waals surface area contributed by atoms with Crippen molar-refractivity contribution in [1.82, 2.24) is 0 Å². The molecule has 5 aliphatic rings. The minimum Gasteiger partial charge on any atom is -0.462 e. The van der Waals surface area contributed by atoms with Crippen LogP contribution in [0.1, 0.15) is 120 Å². The standard InChI is InChI=1S/C32H52O2/c1-20-12-15-29(6)18-19-31(8)23(27(29)21(20)2)10-11-25-30(7)16-14-26(34-22(3)33)28(4,5)24(30)13-17-32(25,31)9/h10,20-21,24-27H,11-19H2,1-9H3/t20-,21+,24?,25-,26-,27+,29-,30+,31-,32-/m1/s1. The Morgan fingerprint density at radius 3 is 2.26 bits per heavy atom. The molecule has 0 N–H and O–H groups in total. The van der Waals surface area contributed by atoms with Crippen molar-refractivity contribution in [1.29, 1.82) is 0 Å². The number of esters is 1. The lowest BCUT2D eigenvalue weighted by atomic mass is 9.33. The first-order valence-corrected chi connectivity index (χ1v) is 14.6. The quantitative estimate of drug-likeness (QED) is 0.284. The molecule has 4 fully saturated rings. The number of ether oxygens (including phenoxy) is 1. The van der Waals surface area contributed by atoms with E-state index in [9.17, 15) is 4.79 Å². The van der Waals surface area contributed by atoms with Gasteiger partial charge in [-0.3, -0.25) is 4.79 Å². The smallest absolute Gasteiger partial charge is 0.302 e. The topological polar surface area (TPSA) is 26.3 Å². The Labute approximate surface area is 210 Å². The van der Waals surface area contributed by atoms with Crippen LogP contribution in [0.5, 0.6) is 0 Å². The van der Waals surface area contributed by atoms with E-state index >= 15 is 0 Å². The molecule has 2 nitrogen and oxygen atoms in total. The Kier molecular flexibility index (Phi) is 5.57. The second-order valence-corrected chi connectivity index (χ2v) is 15.3. The summed E-state index contributed by atoms with van der Waals surface area (Å²) in [5, 5.41) is 0. The maximum absolute atomic E-state index is 11.9. The van der Waals surface area contributed by atoms with Gasteiger partial charge in [0.1, 0.15) is 6.10 Å². The minimum absolute atomic E-state index is 0.0450. The first kappa shape index (κ1) is 24.9. The average Bonchev–Trinajstić information content (AvgIpc) is 2.74. The summed E-state index contributed by atoms with van der Waals surface area (Å²) in [7, 11) is 0. The monoisotopic (exact) mass is 468 g/mol. The molecule has 0 aromatic rings. The van der Waals surface area contributed by atoms with E-state index in [0.717, 1.165) is 30.1 Å². The van der Waals surface area contributed by atoms with Crippen LogP contribution in [0.15, 0.2) is 11.6 Å². The fraction of sp³-hybridized carbons (Fsp3) is 0.906. The van der Waals surface area contributed by atoms with E-state index in [2.05, 4.69) is 61.5 Å². The van der Waals surface area contributed by atoms with E-state index in [4.69, 9.17) is 4.74 Å². The normalized spacial score (nSPS) is 54.0. The third kappa shape index (κ3) is 3.08. The highest BCUT2D eigenvalue weighted by atomic mass is 16.5. The summed E-state index contributed by atoms with van der Waals surface area (Å²) in [5.74, 6) is 3.66. The molecule has 5 aliphatic carbocycles. The Morgan fingerprint density at radius 2 is 1.59 bits per heavy atom. The van der Waals surface area contributed by atoms with Crippen LogP contribution in [0, 0.1) is 56.7 Å². The molecule has 0 heterocycles. The van der Waals surface area contributed by atoms with Gasteiger partial charge < -0.3 is 4.74 Å². The third-order valence-corrected chi connectivity index (χ3v) is 13.6. The number of fused-ring (bicyclic) bond motifs is 7. The minimum atomic E-state index is -0.110. The maximum atomic E-state index is 11.9. The summed E-state index contributed by atoms with van der Waals surface area (Å²) < 4.78 is 5.91. The lowest BCUT2D eigenvalue weighted by molar-refractivity contribution is -0.212. The van der Waals surface area contributed by atoms with Crippen molar-refractivity contribution in [3.05, 3.63) is 11.6 Å². The van der Waals surface area contributed by atoms with Gasteiger partial charge >= 0.3 is 5.97 Å². The van der Waals surface area contributed by atoms with Crippen molar-refractivity contribution in [2.45, 2.75) is 126 Å². The van der Waals surface area contributed by atoms with Crippen molar-refractivity contribution in [2.24, 2.45) is 56.7 Å². The van der Waals surface area contributed by atoms with Crippen LogP contribution in [0.25, 0.3) is 0 Å². The molecular weight excluding hydrogens is 416 g/mol. The van der Waals surface area contributed by atoms with Gasteiger partial charge in [0.2, 0.25) is 0 Å². The fourth-order valence-electron chi connectivity index (χ4n) is 11.2. The Balaban J connectivity index is 1.54. The third-order valence-electron chi connectivity index (χ3n) is 13.6. The van der Waals surface area contributed by atoms with Gasteiger partial charge in [-0.2, -0.15) is 0 Å². The second kappa shape index (κ2) is 7.61. The van der Waals surface area contributed by atoms with Gasteiger partial charge in [0.25, 0.3) is 0 Å². The first-order chi connectivity index (χ1) is 15.7. The molecule has 0 amide bonds. The number of carbonyl (C=O) groups excluding carboxylic acids is 1. The van der Waals surface area contributed by atoms with Crippen molar-refractivity contribution >= 4 is 5.97 Å². The molecule has 0 spiro atoms. The Bertz CT molecular complexity index is 885. The van der Waals surface area contributed by atoms with Crippen LogP contribution in [0.2, 0.25) is 0 Å². The number of hydrogen-bond donors (Lipinski definition) is 0. The van der Waals surface area contributed by atoms with Crippen LogP contribution in [-0.2, 0) is 9.53 Å². The van der Waals surface area contributed by atoms with Crippen molar-refractivity contribution in [3.63, 3.8) is 0 Å². The molecule has 0 aliphatic heterocycles. The predicted octanol–water partition coefficient (Wildman–Crippen LogP) is 8.60. The van der Waals surface area contributed by atoms with Crippen LogP contribution in [0.4, 0.5) is 0 Å². The predicted molar refractivity (Wildman–Crippen MR) is 140 cm³/mol. The Morgan fingerprint density at radius 1 is 0.882 bits per heavy atom. The summed E-state index contributed by atoms with van der Waals surface area (Å²) in [5.41, 5.74) is 3.44.